The molecular formula is C133H242O14. The predicted octanol–water partition coefficient (Wildman–Crippen LogP) is 36.7. The van der Waals surface area contributed by atoms with E-state index < -0.39 is 0 Å². The van der Waals surface area contributed by atoms with Gasteiger partial charge in [-0.05, 0) is 469 Å². The van der Waals surface area contributed by atoms with E-state index in [9.17, 15) is 33.6 Å². The molecule has 14 nitrogen and oxygen atoms in total. The average Bonchev–Trinajstić information content (AvgIpc) is 1.55. The molecule has 0 spiro atoms. The van der Waals surface area contributed by atoms with Crippen LogP contribution in [0.15, 0.2) is 0 Å². The van der Waals surface area contributed by atoms with Gasteiger partial charge in [0.05, 0.1) is 39.9 Å². The Hall–Kier alpha value is -3.71. The van der Waals surface area contributed by atoms with Gasteiger partial charge >= 0.3 is 41.8 Å². The lowest BCUT2D eigenvalue weighted by molar-refractivity contribution is -0.185. The molecule has 41 unspecified atom stereocenters. The fourth-order valence-corrected chi connectivity index (χ4v) is 37.8. The van der Waals surface area contributed by atoms with E-state index in [1.807, 2.05) is 69.2 Å². The molecule has 41 atom stereocenters. The van der Waals surface area contributed by atoms with E-state index in [0.717, 1.165) is 232 Å². The summed E-state index contributed by atoms with van der Waals surface area (Å²) in [6.45, 7) is 50.0. The zero-order valence-electron chi connectivity index (χ0n) is 91.8. The second-order valence-electron chi connectivity index (χ2n) is 55.3. The number of esters is 7. The summed E-state index contributed by atoms with van der Waals surface area (Å²) in [5.74, 6) is 26.0. The zero-order valence-corrected chi connectivity index (χ0v) is 91.8. The van der Waals surface area contributed by atoms with E-state index in [2.05, 4.69) is 96.9 Å². The summed E-state index contributed by atoms with van der Waals surface area (Å²) < 4.78 is 42.6. The average molecular weight is 2070 g/mol. The number of hydrogen-bond acceptors (Lipinski definition) is 14. The number of fused-ring (bicyclic) bond motifs is 39. The fraction of sp³-hybridized carbons (Fsp3) is 0.947. The van der Waals surface area contributed by atoms with Crippen molar-refractivity contribution in [1.29, 1.82) is 0 Å². The molecule has 16 bridgehead atoms. The minimum atomic E-state index is -0.343. The maximum Gasteiger partial charge on any atom is 0.312 e. The normalized spacial score (nSPS) is 42.6. The first kappa shape index (κ1) is 132. The van der Waals surface area contributed by atoms with Gasteiger partial charge in [0.1, 0.15) is 39.2 Å². The Morgan fingerprint density at radius 1 is 0.238 bits per heavy atom. The van der Waals surface area contributed by atoms with Gasteiger partial charge in [0.25, 0.3) is 0 Å². The second-order valence-corrected chi connectivity index (χ2v) is 55.3. The van der Waals surface area contributed by atoms with Crippen molar-refractivity contribution in [3.8, 4) is 0 Å². The number of ether oxygens (including phenoxy) is 7. The Labute approximate surface area is 908 Å². The zero-order chi connectivity index (χ0) is 98.6. The van der Waals surface area contributed by atoms with Crippen molar-refractivity contribution < 1.29 is 66.7 Å². The van der Waals surface area contributed by atoms with Crippen LogP contribution in [-0.4, -0.2) is 81.0 Å². The van der Waals surface area contributed by atoms with Gasteiger partial charge < -0.3 is 33.2 Å². The summed E-state index contributed by atoms with van der Waals surface area (Å²) in [6.07, 6.45) is 60.0. The lowest BCUT2D eigenvalue weighted by Crippen LogP contribution is -2.49. The minimum absolute atomic E-state index is 0. The Morgan fingerprint density at radius 3 is 0.850 bits per heavy atom. The highest BCUT2D eigenvalue weighted by Gasteiger charge is 2.72. The highest BCUT2D eigenvalue weighted by molar-refractivity contribution is 5.78. The number of carbonyl (C=O) groups is 7. The van der Waals surface area contributed by atoms with Crippen LogP contribution >= 0.6 is 0 Å². The molecule has 0 radical (unpaired) electrons. The van der Waals surface area contributed by atoms with Gasteiger partial charge in [-0.25, -0.2) is 0 Å². The van der Waals surface area contributed by atoms with Crippen LogP contribution in [0.1, 0.15) is 549 Å². The van der Waals surface area contributed by atoms with E-state index >= 15 is 0 Å². The number of rotatable bonds is 23. The molecule has 22 fully saturated rings. The Morgan fingerprint density at radius 2 is 0.497 bits per heavy atom. The van der Waals surface area contributed by atoms with E-state index in [0.29, 0.717) is 41.4 Å². The van der Waals surface area contributed by atoms with E-state index in [1.165, 1.54) is 212 Å². The topological polar surface area (TPSA) is 184 Å². The quantitative estimate of drug-likeness (QED) is 0.0535. The SMILES string of the molecule is C.C.C.C.C.C.C.C.C.C.CCC(C)(C)C(=O)OC1(C)CC2CC1C1CCCC21.CCC(C)(C)C(=O)OC1(C)CCCC2CCCCC21.CCC(C)(C)C(=O)OC1(CC)CC2CC1C1C3CCC(C3)C21.CCC(C)C(=O)OC1(C)CC2CC1C1C3CCC(C3)C21.CCC(C)C(=O)OC1(C)CC2CC1C1CCCC21.CCC(C)C(=O)OC1(C)CCCC2CCCCC21.CCC(C)C(=O)OC1(CC)CC2CC1C1C3CCC(C3)C21. The Kier molecular flexibility index (Phi) is 46.4. The smallest absolute Gasteiger partial charge is 0.312 e. The third kappa shape index (κ3) is 25.1. The Bertz CT molecular complexity index is 4180. The highest BCUT2D eigenvalue weighted by atomic mass is 16.6. The third-order valence-corrected chi connectivity index (χ3v) is 47.1. The van der Waals surface area contributed by atoms with Crippen molar-refractivity contribution in [2.75, 3.05) is 0 Å². The molecule has 22 aliphatic rings. The van der Waals surface area contributed by atoms with Crippen LogP contribution in [0, 0.1) is 217 Å². The summed E-state index contributed by atoms with van der Waals surface area (Å²) in [4.78, 5) is 86.4. The van der Waals surface area contributed by atoms with Gasteiger partial charge in [0.2, 0.25) is 0 Å². The van der Waals surface area contributed by atoms with Gasteiger partial charge in [-0.15, -0.1) is 0 Å². The van der Waals surface area contributed by atoms with E-state index in [-0.39, 0.29) is 195 Å². The predicted molar refractivity (Wildman–Crippen MR) is 613 cm³/mol. The summed E-state index contributed by atoms with van der Waals surface area (Å²) in [5.41, 5.74) is -2.07. The maximum atomic E-state index is 12.7. The molecule has 0 aromatic rings. The molecule has 22 rings (SSSR count). The minimum Gasteiger partial charge on any atom is -0.459 e. The molecule has 0 aromatic carbocycles. The summed E-state index contributed by atoms with van der Waals surface area (Å²) in [5, 5.41) is 0. The van der Waals surface area contributed by atoms with Gasteiger partial charge in [0.15, 0.2) is 0 Å². The second kappa shape index (κ2) is 51.7. The van der Waals surface area contributed by atoms with Crippen LogP contribution in [-0.2, 0) is 66.7 Å². The van der Waals surface area contributed by atoms with Crippen LogP contribution < -0.4 is 0 Å². The summed E-state index contributed by atoms with van der Waals surface area (Å²) in [7, 11) is 0. The summed E-state index contributed by atoms with van der Waals surface area (Å²) in [6, 6.07) is 0. The maximum absolute atomic E-state index is 12.7. The molecule has 147 heavy (non-hydrogen) atoms. The van der Waals surface area contributed by atoms with Gasteiger partial charge in [-0.1, -0.05) is 216 Å². The van der Waals surface area contributed by atoms with Gasteiger partial charge in [-0.2, -0.15) is 0 Å². The first-order chi connectivity index (χ1) is 64.9. The first-order valence-electron chi connectivity index (χ1n) is 59.5. The molecule has 0 saturated heterocycles. The molecular weight excluding hydrogens is 1820 g/mol. The van der Waals surface area contributed by atoms with E-state index in [4.69, 9.17) is 33.2 Å². The van der Waals surface area contributed by atoms with Crippen molar-refractivity contribution >= 4 is 41.8 Å². The molecule has 0 aliphatic heterocycles. The monoisotopic (exact) mass is 2060 g/mol. The lowest BCUT2D eigenvalue weighted by atomic mass is 9.63. The molecule has 22 aliphatic carbocycles. The van der Waals surface area contributed by atoms with Crippen molar-refractivity contribution in [2.24, 2.45) is 217 Å². The number of carbonyl (C=O) groups excluding carboxylic acids is 7. The van der Waals surface area contributed by atoms with Crippen molar-refractivity contribution in [2.45, 2.75) is 588 Å². The van der Waals surface area contributed by atoms with Crippen LogP contribution in [0.4, 0.5) is 0 Å². The van der Waals surface area contributed by atoms with Gasteiger partial charge in [-0.3, -0.25) is 33.6 Å². The fourth-order valence-electron chi connectivity index (χ4n) is 37.8. The molecule has 0 N–H and O–H groups in total. The molecule has 858 valence electrons. The highest BCUT2D eigenvalue weighted by Crippen LogP contribution is 2.75. The molecule has 14 heteroatoms. The molecule has 22 saturated carbocycles. The van der Waals surface area contributed by atoms with Crippen molar-refractivity contribution in [3.05, 3.63) is 0 Å². The number of hydrogen-bond donors (Lipinski definition) is 0. The molecule has 0 amide bonds. The van der Waals surface area contributed by atoms with E-state index in [1.54, 1.807) is 0 Å². The van der Waals surface area contributed by atoms with Crippen molar-refractivity contribution in [1.82, 2.24) is 0 Å². The lowest BCUT2D eigenvalue weighted by Gasteiger charge is -2.48. The van der Waals surface area contributed by atoms with Crippen LogP contribution in [0.2, 0.25) is 0 Å². The Balaban J connectivity index is 0.000000259. The van der Waals surface area contributed by atoms with Crippen LogP contribution in [0.3, 0.4) is 0 Å². The van der Waals surface area contributed by atoms with Crippen molar-refractivity contribution in [3.63, 3.8) is 0 Å². The summed E-state index contributed by atoms with van der Waals surface area (Å²) >= 11 is 0. The first-order valence-corrected chi connectivity index (χ1v) is 59.5. The molecule has 0 heterocycles. The third-order valence-electron chi connectivity index (χ3n) is 47.1. The molecule has 0 aromatic heterocycles. The van der Waals surface area contributed by atoms with Crippen LogP contribution in [0.5, 0.6) is 0 Å². The standard InChI is InChI=1S/C20H32O2.C19H30O2.C18H28O2.C17H28O2.C17H30O2.C16H26O2.C16H28O2.10CH4/c1-5-19(3,4)18(21)22-20(6-2)11-14-10-15(20)17-13-8-7-12(9-13)16(14)17;1-4-11(3)18(20)21-19(5-2)10-14-9-15(19)17-13-7-6-12(8-13)16(14)17;1-4-10(2)17(19)20-18(3)9-13-8-14(18)16-12-6-5-11(7-12)15(13)16;1-5-16(2,3)15(18)19-17(4)10-11-9-14(17)13-8-6-7-12(11)13;1-5-16(2,3)15(18)19-17(4)12-8-10-13-9-6-7-11-14(13)17;1-4-10(2)15(17)18-16(3)9-11-8-14(16)13-7-5-6-12(11)13;1-4-12(2)15(17)18-16(3)11-7-9-13-8-5-6-10-14(13)16;;;;;;;;;;/h12-17H,5-11H2,1-4H3;11-17H,4-10H2,1-3H3;10-16H,4-9H2,1-3H3;11-14H,5-10H2,1-4H3;13-14H,5-12H2,1-4H3;10-14H,4-9H2,1-3H3;12-14H,4-11H2,1-3H3;10*1H4. The van der Waals surface area contributed by atoms with Gasteiger partial charge in [0, 0.05) is 41.4 Å². The van der Waals surface area contributed by atoms with Crippen LogP contribution in [0.25, 0.3) is 0 Å². The largest absolute Gasteiger partial charge is 0.459 e.